The number of unbranched alkanes of at least 4 members (excludes halogenated alkanes) is 44. The predicted molar refractivity (Wildman–Crippen MR) is 280 cm³/mol. The first-order chi connectivity index (χ1) is 32.0. The molecule has 386 valence electrons. The lowest BCUT2D eigenvalue weighted by atomic mass is 10.0. The predicted octanol–water partition coefficient (Wildman–Crippen LogP) is 19.5. The van der Waals surface area contributed by atoms with E-state index < -0.39 is 6.10 Å². The number of esters is 3. The minimum atomic E-state index is -0.759. The molecule has 0 saturated carbocycles. The summed E-state index contributed by atoms with van der Waals surface area (Å²) in [5.41, 5.74) is 0. The van der Waals surface area contributed by atoms with Crippen molar-refractivity contribution in [3.8, 4) is 0 Å². The molecular formula is C59H114O6. The zero-order chi connectivity index (χ0) is 47.2. The Morgan fingerprint density at radius 2 is 0.415 bits per heavy atom. The lowest BCUT2D eigenvalue weighted by Gasteiger charge is -2.18. The molecule has 0 saturated heterocycles. The monoisotopic (exact) mass is 919 g/mol. The Morgan fingerprint density at radius 3 is 0.615 bits per heavy atom. The van der Waals surface area contributed by atoms with Gasteiger partial charge in [0, 0.05) is 19.3 Å². The second-order valence-corrected chi connectivity index (χ2v) is 20.3. The second kappa shape index (κ2) is 55.0. The highest BCUT2D eigenvalue weighted by Gasteiger charge is 2.19. The zero-order valence-electron chi connectivity index (χ0n) is 44.3. The number of hydrogen-bond donors (Lipinski definition) is 0. The molecule has 0 aliphatic heterocycles. The fraction of sp³-hybridized carbons (Fsp3) is 0.949. The maximum Gasteiger partial charge on any atom is 0.306 e. The number of ether oxygens (including phenoxy) is 3. The molecule has 6 heteroatoms. The lowest BCUT2D eigenvalue weighted by Crippen LogP contribution is -2.30. The summed E-state index contributed by atoms with van der Waals surface area (Å²) in [4.78, 5) is 37.8. The van der Waals surface area contributed by atoms with E-state index in [1.165, 1.54) is 244 Å². The van der Waals surface area contributed by atoms with Crippen LogP contribution in [-0.4, -0.2) is 37.2 Å². The highest BCUT2D eigenvalue weighted by Crippen LogP contribution is 2.18. The summed E-state index contributed by atoms with van der Waals surface area (Å²) in [6.07, 6.45) is 61.5. The molecule has 65 heavy (non-hydrogen) atoms. The number of carbonyl (C=O) groups excluding carboxylic acids is 3. The van der Waals surface area contributed by atoms with Gasteiger partial charge in [-0.05, 0) is 19.3 Å². The van der Waals surface area contributed by atoms with Gasteiger partial charge in [-0.3, -0.25) is 14.4 Å². The van der Waals surface area contributed by atoms with Crippen molar-refractivity contribution in [3.05, 3.63) is 0 Å². The number of rotatable bonds is 55. The smallest absolute Gasteiger partial charge is 0.306 e. The maximum atomic E-state index is 12.8. The molecule has 0 aromatic rings. The zero-order valence-corrected chi connectivity index (χ0v) is 44.3. The van der Waals surface area contributed by atoms with E-state index in [1.54, 1.807) is 0 Å². The second-order valence-electron chi connectivity index (χ2n) is 20.3. The Hall–Kier alpha value is -1.59. The van der Waals surface area contributed by atoms with E-state index in [2.05, 4.69) is 20.8 Å². The van der Waals surface area contributed by atoms with Gasteiger partial charge < -0.3 is 14.2 Å². The minimum Gasteiger partial charge on any atom is -0.462 e. The van der Waals surface area contributed by atoms with Gasteiger partial charge in [-0.15, -0.1) is 0 Å². The quantitative estimate of drug-likeness (QED) is 0.0344. The topological polar surface area (TPSA) is 78.9 Å². The van der Waals surface area contributed by atoms with E-state index in [4.69, 9.17) is 14.2 Å². The summed E-state index contributed by atoms with van der Waals surface area (Å²) in [6, 6.07) is 0. The van der Waals surface area contributed by atoms with Gasteiger partial charge in [0.15, 0.2) is 6.10 Å². The fourth-order valence-corrected chi connectivity index (χ4v) is 9.15. The summed E-state index contributed by atoms with van der Waals surface area (Å²) in [5.74, 6) is -0.848. The molecule has 0 N–H and O–H groups in total. The van der Waals surface area contributed by atoms with Gasteiger partial charge >= 0.3 is 17.9 Å². The molecule has 0 fully saturated rings. The van der Waals surface area contributed by atoms with Gasteiger partial charge in [-0.2, -0.15) is 0 Å². The van der Waals surface area contributed by atoms with Crippen molar-refractivity contribution in [2.24, 2.45) is 0 Å². The number of carbonyl (C=O) groups is 3. The SMILES string of the molecule is CCCCCCCCCCCCCCCCCCCCCCCCCCCCCC(=O)OCC(COC(=O)CCCCCCCC)OC(=O)CCCCCCCCCCCCCCCC. The van der Waals surface area contributed by atoms with E-state index in [1.807, 2.05) is 0 Å². The molecule has 0 heterocycles. The first kappa shape index (κ1) is 63.4. The summed E-state index contributed by atoms with van der Waals surface area (Å²) in [6.45, 7) is 6.64. The van der Waals surface area contributed by atoms with Gasteiger partial charge in [-0.1, -0.05) is 303 Å². The van der Waals surface area contributed by atoms with E-state index >= 15 is 0 Å². The molecule has 1 unspecified atom stereocenters. The van der Waals surface area contributed by atoms with Crippen molar-refractivity contribution >= 4 is 17.9 Å². The Balaban J connectivity index is 3.96. The van der Waals surface area contributed by atoms with E-state index in [9.17, 15) is 14.4 Å². The van der Waals surface area contributed by atoms with Gasteiger partial charge in [-0.25, -0.2) is 0 Å². The molecule has 0 aromatic heterocycles. The molecule has 0 aliphatic carbocycles. The molecular weight excluding hydrogens is 805 g/mol. The Bertz CT molecular complexity index is 967. The molecule has 0 aromatic carbocycles. The van der Waals surface area contributed by atoms with Crippen LogP contribution in [-0.2, 0) is 28.6 Å². The van der Waals surface area contributed by atoms with Crippen molar-refractivity contribution < 1.29 is 28.6 Å². The standard InChI is InChI=1S/C59H114O6/c1-4-7-10-13-16-18-20-22-24-25-26-27-28-29-30-31-32-33-34-35-36-38-39-41-43-46-49-52-58(61)64-55-56(54-63-57(60)51-48-45-15-12-9-6-3)65-59(62)53-50-47-44-42-40-37-23-21-19-17-14-11-8-5-2/h56H,4-55H2,1-3H3. The summed E-state index contributed by atoms with van der Waals surface area (Å²) in [5, 5.41) is 0. The van der Waals surface area contributed by atoms with Gasteiger partial charge in [0.1, 0.15) is 13.2 Å². The molecule has 0 aliphatic rings. The third-order valence-corrected chi connectivity index (χ3v) is 13.6. The lowest BCUT2D eigenvalue weighted by molar-refractivity contribution is -0.167. The molecule has 0 spiro atoms. The Morgan fingerprint density at radius 1 is 0.246 bits per heavy atom. The van der Waals surface area contributed by atoms with Crippen LogP contribution in [0.5, 0.6) is 0 Å². The van der Waals surface area contributed by atoms with Crippen molar-refractivity contribution in [3.63, 3.8) is 0 Å². The largest absolute Gasteiger partial charge is 0.462 e. The van der Waals surface area contributed by atoms with Crippen LogP contribution in [0.25, 0.3) is 0 Å². The van der Waals surface area contributed by atoms with E-state index in [-0.39, 0.29) is 31.1 Å². The fourth-order valence-electron chi connectivity index (χ4n) is 9.15. The van der Waals surface area contributed by atoms with Crippen LogP contribution in [0.3, 0.4) is 0 Å². The summed E-state index contributed by atoms with van der Waals surface area (Å²) >= 11 is 0. The van der Waals surface area contributed by atoms with Gasteiger partial charge in [0.2, 0.25) is 0 Å². The van der Waals surface area contributed by atoms with Crippen LogP contribution in [0, 0.1) is 0 Å². The minimum absolute atomic E-state index is 0.0624. The molecule has 1 atom stereocenters. The number of hydrogen-bond acceptors (Lipinski definition) is 6. The maximum absolute atomic E-state index is 12.8. The molecule has 0 radical (unpaired) electrons. The average Bonchev–Trinajstić information content (AvgIpc) is 3.30. The molecule has 0 bridgehead atoms. The highest BCUT2D eigenvalue weighted by atomic mass is 16.6. The normalized spacial score (nSPS) is 11.9. The van der Waals surface area contributed by atoms with Crippen LogP contribution >= 0.6 is 0 Å². The van der Waals surface area contributed by atoms with Crippen molar-refractivity contribution in [1.82, 2.24) is 0 Å². The van der Waals surface area contributed by atoms with Crippen molar-refractivity contribution in [2.75, 3.05) is 13.2 Å². The van der Waals surface area contributed by atoms with Crippen molar-refractivity contribution in [1.29, 1.82) is 0 Å². The summed E-state index contributed by atoms with van der Waals surface area (Å²) in [7, 11) is 0. The first-order valence-electron chi connectivity index (χ1n) is 29.5. The van der Waals surface area contributed by atoms with Crippen LogP contribution in [0.4, 0.5) is 0 Å². The van der Waals surface area contributed by atoms with Crippen LogP contribution in [0.15, 0.2) is 0 Å². The first-order valence-corrected chi connectivity index (χ1v) is 29.5. The Kier molecular flexibility index (Phi) is 53.7. The Labute approximate surface area is 406 Å². The average molecular weight is 920 g/mol. The van der Waals surface area contributed by atoms with Crippen molar-refractivity contribution in [2.45, 2.75) is 348 Å². The molecule has 6 nitrogen and oxygen atoms in total. The van der Waals surface area contributed by atoms with E-state index in [0.717, 1.165) is 57.8 Å². The van der Waals surface area contributed by atoms with Crippen LogP contribution < -0.4 is 0 Å². The highest BCUT2D eigenvalue weighted by molar-refractivity contribution is 5.71. The van der Waals surface area contributed by atoms with Crippen LogP contribution in [0.1, 0.15) is 342 Å². The van der Waals surface area contributed by atoms with Crippen LogP contribution in [0.2, 0.25) is 0 Å². The summed E-state index contributed by atoms with van der Waals surface area (Å²) < 4.78 is 16.8. The molecule has 0 rings (SSSR count). The van der Waals surface area contributed by atoms with E-state index in [0.29, 0.717) is 19.3 Å². The third-order valence-electron chi connectivity index (χ3n) is 13.6. The van der Waals surface area contributed by atoms with Gasteiger partial charge in [0.25, 0.3) is 0 Å². The van der Waals surface area contributed by atoms with Gasteiger partial charge in [0.05, 0.1) is 0 Å². The molecule has 0 amide bonds. The third kappa shape index (κ3) is 53.2.